The molecule has 0 saturated heterocycles. The van der Waals surface area contributed by atoms with Crippen LogP contribution < -0.4 is 5.32 Å². The Bertz CT molecular complexity index is 238. The van der Waals surface area contributed by atoms with Gasteiger partial charge in [0.2, 0.25) is 5.91 Å². The van der Waals surface area contributed by atoms with Gasteiger partial charge in [0.25, 0.3) is 0 Å². The highest BCUT2D eigenvalue weighted by atomic mass is 16.2. The quantitative estimate of drug-likeness (QED) is 0.732. The van der Waals surface area contributed by atoms with E-state index < -0.39 is 5.41 Å². The number of carbonyl (C=O) groups excluding carboxylic acids is 1. The standard InChI is InChI=1S/C12H22N2O/c1-5-8-10(4)14-11(15)12(6-2,7-3)9-13/h10H,5-8H2,1-4H3,(H,14,15). The van der Waals surface area contributed by atoms with Crippen LogP contribution in [0.5, 0.6) is 0 Å². The first kappa shape index (κ1) is 14.0. The molecule has 0 aliphatic carbocycles. The first-order valence-corrected chi connectivity index (χ1v) is 5.78. The molecule has 1 atom stereocenters. The number of nitriles is 1. The minimum absolute atomic E-state index is 0.115. The number of amides is 1. The van der Waals surface area contributed by atoms with Crippen molar-refractivity contribution in [1.82, 2.24) is 5.32 Å². The minimum Gasteiger partial charge on any atom is -0.352 e. The number of nitrogens with zero attached hydrogens (tertiary/aromatic N) is 1. The summed E-state index contributed by atoms with van der Waals surface area (Å²) < 4.78 is 0. The summed E-state index contributed by atoms with van der Waals surface area (Å²) >= 11 is 0. The Morgan fingerprint density at radius 1 is 1.40 bits per heavy atom. The van der Waals surface area contributed by atoms with Crippen molar-refractivity contribution < 1.29 is 4.79 Å². The van der Waals surface area contributed by atoms with E-state index in [1.165, 1.54) is 0 Å². The van der Waals surface area contributed by atoms with Gasteiger partial charge in [0.05, 0.1) is 6.07 Å². The molecule has 1 amide bonds. The maximum Gasteiger partial charge on any atom is 0.240 e. The second-order valence-corrected chi connectivity index (χ2v) is 4.06. The van der Waals surface area contributed by atoms with Crippen LogP contribution in [0.15, 0.2) is 0 Å². The van der Waals surface area contributed by atoms with E-state index >= 15 is 0 Å². The lowest BCUT2D eigenvalue weighted by Gasteiger charge is -2.24. The van der Waals surface area contributed by atoms with E-state index in [1.54, 1.807) is 0 Å². The van der Waals surface area contributed by atoms with Crippen molar-refractivity contribution in [2.45, 2.75) is 59.4 Å². The highest BCUT2D eigenvalue weighted by Crippen LogP contribution is 2.25. The molecule has 15 heavy (non-hydrogen) atoms. The van der Waals surface area contributed by atoms with Gasteiger partial charge in [-0.2, -0.15) is 5.26 Å². The number of hydrogen-bond donors (Lipinski definition) is 1. The largest absolute Gasteiger partial charge is 0.352 e. The molecule has 0 aliphatic heterocycles. The fraction of sp³-hybridized carbons (Fsp3) is 0.833. The van der Waals surface area contributed by atoms with Crippen LogP contribution in [-0.2, 0) is 4.79 Å². The monoisotopic (exact) mass is 210 g/mol. The smallest absolute Gasteiger partial charge is 0.240 e. The van der Waals surface area contributed by atoms with Crippen LogP contribution in [0, 0.1) is 16.7 Å². The van der Waals surface area contributed by atoms with Gasteiger partial charge in [0.15, 0.2) is 0 Å². The van der Waals surface area contributed by atoms with Gasteiger partial charge in [-0.15, -0.1) is 0 Å². The van der Waals surface area contributed by atoms with E-state index in [4.69, 9.17) is 5.26 Å². The summed E-state index contributed by atoms with van der Waals surface area (Å²) in [5.74, 6) is -0.115. The summed E-state index contributed by atoms with van der Waals surface area (Å²) in [6, 6.07) is 2.31. The average molecular weight is 210 g/mol. The Kier molecular flexibility index (Phi) is 6.00. The van der Waals surface area contributed by atoms with E-state index in [0.717, 1.165) is 12.8 Å². The van der Waals surface area contributed by atoms with Gasteiger partial charge >= 0.3 is 0 Å². The number of carbonyl (C=O) groups is 1. The van der Waals surface area contributed by atoms with E-state index in [-0.39, 0.29) is 11.9 Å². The number of hydrogen-bond acceptors (Lipinski definition) is 2. The third-order valence-electron chi connectivity index (χ3n) is 2.95. The van der Waals surface area contributed by atoms with Crippen LogP contribution in [0.4, 0.5) is 0 Å². The number of rotatable bonds is 6. The van der Waals surface area contributed by atoms with E-state index in [2.05, 4.69) is 18.3 Å². The molecule has 0 rings (SSSR count). The first-order valence-electron chi connectivity index (χ1n) is 5.78. The molecule has 86 valence electrons. The van der Waals surface area contributed by atoms with E-state index in [9.17, 15) is 4.79 Å². The second kappa shape index (κ2) is 6.44. The lowest BCUT2D eigenvalue weighted by Crippen LogP contribution is -2.43. The molecule has 3 heteroatoms. The summed E-state index contributed by atoms with van der Waals surface area (Å²) in [6.45, 7) is 7.84. The van der Waals surface area contributed by atoms with Crippen LogP contribution in [0.3, 0.4) is 0 Å². The Hall–Kier alpha value is -1.04. The molecule has 0 spiro atoms. The maximum absolute atomic E-state index is 11.9. The lowest BCUT2D eigenvalue weighted by molar-refractivity contribution is -0.129. The SMILES string of the molecule is CCCC(C)NC(=O)C(C#N)(CC)CC. The van der Waals surface area contributed by atoms with Gasteiger partial charge in [-0.3, -0.25) is 4.79 Å². The molecule has 1 N–H and O–H groups in total. The molecule has 1 unspecified atom stereocenters. The maximum atomic E-state index is 11.9. The molecule has 0 aromatic heterocycles. The summed E-state index contributed by atoms with van der Waals surface area (Å²) in [5.41, 5.74) is -0.831. The van der Waals surface area contributed by atoms with Crippen LogP contribution in [0.25, 0.3) is 0 Å². The van der Waals surface area contributed by atoms with Gasteiger partial charge in [0, 0.05) is 6.04 Å². The van der Waals surface area contributed by atoms with Gasteiger partial charge in [-0.1, -0.05) is 27.2 Å². The molecule has 0 radical (unpaired) electrons. The molecule has 0 fully saturated rings. The molecule has 0 bridgehead atoms. The Balaban J connectivity index is 4.47. The molecule has 0 saturated carbocycles. The average Bonchev–Trinajstić information content (AvgIpc) is 2.21. The Morgan fingerprint density at radius 3 is 2.27 bits per heavy atom. The van der Waals surface area contributed by atoms with Gasteiger partial charge < -0.3 is 5.32 Å². The van der Waals surface area contributed by atoms with E-state index in [0.29, 0.717) is 12.8 Å². The zero-order valence-electron chi connectivity index (χ0n) is 10.3. The van der Waals surface area contributed by atoms with Crippen molar-refractivity contribution in [3.8, 4) is 6.07 Å². The summed E-state index contributed by atoms with van der Waals surface area (Å²) in [4.78, 5) is 11.9. The molecule has 3 nitrogen and oxygen atoms in total. The van der Waals surface area contributed by atoms with Crippen molar-refractivity contribution in [3.05, 3.63) is 0 Å². The lowest BCUT2D eigenvalue weighted by atomic mass is 9.83. The highest BCUT2D eigenvalue weighted by Gasteiger charge is 2.35. The molecule has 0 aromatic carbocycles. The summed E-state index contributed by atoms with van der Waals surface area (Å²) in [7, 11) is 0. The van der Waals surface area contributed by atoms with Gasteiger partial charge in [-0.05, 0) is 26.2 Å². The van der Waals surface area contributed by atoms with Crippen LogP contribution >= 0.6 is 0 Å². The van der Waals surface area contributed by atoms with E-state index in [1.807, 2.05) is 20.8 Å². The van der Waals surface area contributed by atoms with Crippen molar-refractivity contribution in [2.75, 3.05) is 0 Å². The normalized spacial score (nSPS) is 13.0. The second-order valence-electron chi connectivity index (χ2n) is 4.06. The molecule has 0 aliphatic rings. The highest BCUT2D eigenvalue weighted by molar-refractivity contribution is 5.85. The predicted octanol–water partition coefficient (Wildman–Crippen LogP) is 2.62. The predicted molar refractivity (Wildman–Crippen MR) is 61.1 cm³/mol. The molecular weight excluding hydrogens is 188 g/mol. The molecule has 0 heterocycles. The van der Waals surface area contributed by atoms with Crippen molar-refractivity contribution in [1.29, 1.82) is 5.26 Å². The first-order chi connectivity index (χ1) is 7.06. The molecule has 0 aromatic rings. The van der Waals surface area contributed by atoms with Gasteiger partial charge in [-0.25, -0.2) is 0 Å². The molecular formula is C12H22N2O. The van der Waals surface area contributed by atoms with Crippen molar-refractivity contribution >= 4 is 5.91 Å². The number of nitrogens with one attached hydrogen (secondary N) is 1. The van der Waals surface area contributed by atoms with Crippen LogP contribution in [0.2, 0.25) is 0 Å². The fourth-order valence-electron chi connectivity index (χ4n) is 1.65. The fourth-order valence-corrected chi connectivity index (χ4v) is 1.65. The topological polar surface area (TPSA) is 52.9 Å². The van der Waals surface area contributed by atoms with Crippen LogP contribution in [-0.4, -0.2) is 11.9 Å². The zero-order valence-corrected chi connectivity index (χ0v) is 10.3. The van der Waals surface area contributed by atoms with Gasteiger partial charge in [0.1, 0.15) is 5.41 Å². The zero-order chi connectivity index (χ0) is 11.9. The summed E-state index contributed by atoms with van der Waals surface area (Å²) in [6.07, 6.45) is 3.15. The third-order valence-corrected chi connectivity index (χ3v) is 2.95. The van der Waals surface area contributed by atoms with Crippen molar-refractivity contribution in [3.63, 3.8) is 0 Å². The minimum atomic E-state index is -0.831. The van der Waals surface area contributed by atoms with Crippen molar-refractivity contribution in [2.24, 2.45) is 5.41 Å². The third kappa shape index (κ3) is 3.54. The summed E-state index contributed by atoms with van der Waals surface area (Å²) in [5, 5.41) is 12.0. The van der Waals surface area contributed by atoms with Crippen LogP contribution in [0.1, 0.15) is 53.4 Å². The Morgan fingerprint density at radius 2 is 1.93 bits per heavy atom. The Labute approximate surface area is 92.9 Å².